The Balaban J connectivity index is 1.94. The van der Waals surface area contributed by atoms with Crippen molar-refractivity contribution in [1.29, 1.82) is 0 Å². The molecule has 0 aliphatic carbocycles. The Labute approximate surface area is 119 Å². The molecule has 1 aliphatic heterocycles. The summed E-state index contributed by atoms with van der Waals surface area (Å²) >= 11 is 0. The van der Waals surface area contributed by atoms with Gasteiger partial charge in [0.05, 0.1) is 0 Å². The standard InChI is InChI=1S/C13H16F3N5/c1-17-9-2-5-20(6-3-9)12-10-8-11(13(14,15)16)19-21(10)7-4-18-12/h4,7-9,17H,2-3,5-6H2,1H3. The molecular weight excluding hydrogens is 283 g/mol. The molecule has 0 bridgehead atoms. The highest BCUT2D eigenvalue weighted by Gasteiger charge is 2.34. The SMILES string of the molecule is CNC1CCN(c2nccn3nc(C(F)(F)F)cc23)CC1. The van der Waals surface area contributed by atoms with Crippen molar-refractivity contribution in [2.24, 2.45) is 0 Å². The summed E-state index contributed by atoms with van der Waals surface area (Å²) in [6.07, 6.45) is 0.371. The van der Waals surface area contributed by atoms with Gasteiger partial charge in [0.25, 0.3) is 0 Å². The number of hydrogen-bond donors (Lipinski definition) is 1. The average molecular weight is 299 g/mol. The number of aromatic nitrogens is 3. The molecule has 0 amide bonds. The van der Waals surface area contributed by atoms with Crippen LogP contribution in [0.5, 0.6) is 0 Å². The predicted molar refractivity (Wildman–Crippen MR) is 72.3 cm³/mol. The molecule has 1 saturated heterocycles. The van der Waals surface area contributed by atoms with Crippen LogP contribution in [0.15, 0.2) is 18.5 Å². The van der Waals surface area contributed by atoms with Crippen LogP contribution in [-0.2, 0) is 6.18 Å². The van der Waals surface area contributed by atoms with E-state index < -0.39 is 11.9 Å². The zero-order valence-electron chi connectivity index (χ0n) is 11.6. The third-order valence-electron chi connectivity index (χ3n) is 3.86. The summed E-state index contributed by atoms with van der Waals surface area (Å²) in [6, 6.07) is 1.52. The van der Waals surface area contributed by atoms with Crippen LogP contribution < -0.4 is 10.2 Å². The fourth-order valence-electron chi connectivity index (χ4n) is 2.67. The molecule has 2 aromatic heterocycles. The Morgan fingerprint density at radius 2 is 2.00 bits per heavy atom. The van der Waals surface area contributed by atoms with E-state index in [2.05, 4.69) is 15.4 Å². The Bertz CT molecular complexity index is 628. The Morgan fingerprint density at radius 1 is 1.29 bits per heavy atom. The zero-order chi connectivity index (χ0) is 15.0. The molecule has 0 atom stereocenters. The molecule has 8 heteroatoms. The molecule has 114 valence electrons. The third-order valence-corrected chi connectivity index (χ3v) is 3.86. The average Bonchev–Trinajstić information content (AvgIpc) is 2.91. The molecule has 3 heterocycles. The van der Waals surface area contributed by atoms with Gasteiger partial charge in [-0.25, -0.2) is 9.50 Å². The molecule has 3 rings (SSSR count). The number of piperidine rings is 1. The Hall–Kier alpha value is -1.83. The van der Waals surface area contributed by atoms with Gasteiger partial charge in [-0.1, -0.05) is 0 Å². The lowest BCUT2D eigenvalue weighted by Crippen LogP contribution is -2.41. The maximum atomic E-state index is 12.8. The van der Waals surface area contributed by atoms with Crippen LogP contribution >= 0.6 is 0 Å². The fraction of sp³-hybridized carbons (Fsp3) is 0.538. The van der Waals surface area contributed by atoms with Gasteiger partial charge < -0.3 is 10.2 Å². The number of nitrogens with one attached hydrogen (secondary N) is 1. The summed E-state index contributed by atoms with van der Waals surface area (Å²) in [5.41, 5.74) is -0.491. The van der Waals surface area contributed by atoms with E-state index in [0.717, 1.165) is 32.0 Å². The fourth-order valence-corrected chi connectivity index (χ4v) is 2.67. The van der Waals surface area contributed by atoms with E-state index >= 15 is 0 Å². The number of anilines is 1. The highest BCUT2D eigenvalue weighted by molar-refractivity contribution is 5.69. The maximum Gasteiger partial charge on any atom is 0.435 e. The first-order valence-corrected chi connectivity index (χ1v) is 6.83. The molecule has 21 heavy (non-hydrogen) atoms. The number of rotatable bonds is 2. The van der Waals surface area contributed by atoms with E-state index in [-0.39, 0.29) is 0 Å². The lowest BCUT2D eigenvalue weighted by Gasteiger charge is -2.32. The van der Waals surface area contributed by atoms with Crippen LogP contribution in [0.4, 0.5) is 19.0 Å². The van der Waals surface area contributed by atoms with E-state index in [4.69, 9.17) is 0 Å². The largest absolute Gasteiger partial charge is 0.435 e. The van der Waals surface area contributed by atoms with Crippen LogP contribution in [0.3, 0.4) is 0 Å². The van der Waals surface area contributed by atoms with Gasteiger partial charge in [-0.2, -0.15) is 18.3 Å². The van der Waals surface area contributed by atoms with Crippen molar-refractivity contribution in [3.63, 3.8) is 0 Å². The van der Waals surface area contributed by atoms with Crippen LogP contribution in [0.2, 0.25) is 0 Å². The van der Waals surface area contributed by atoms with Crippen molar-refractivity contribution in [3.05, 3.63) is 24.2 Å². The van der Waals surface area contributed by atoms with E-state index in [1.54, 1.807) is 0 Å². The third kappa shape index (κ3) is 2.67. The smallest absolute Gasteiger partial charge is 0.355 e. The highest BCUT2D eigenvalue weighted by Crippen LogP contribution is 2.31. The number of hydrogen-bond acceptors (Lipinski definition) is 4. The van der Waals surface area contributed by atoms with Gasteiger partial charge in [0.15, 0.2) is 11.5 Å². The molecule has 0 spiro atoms. The minimum absolute atomic E-state index is 0.396. The molecule has 1 aliphatic rings. The molecule has 5 nitrogen and oxygen atoms in total. The number of halogens is 3. The van der Waals surface area contributed by atoms with Crippen molar-refractivity contribution in [2.45, 2.75) is 25.1 Å². The second kappa shape index (κ2) is 5.18. The normalized spacial score (nSPS) is 17.6. The van der Waals surface area contributed by atoms with Gasteiger partial charge in [-0.15, -0.1) is 0 Å². The Kier molecular flexibility index (Phi) is 3.48. The van der Waals surface area contributed by atoms with Gasteiger partial charge >= 0.3 is 6.18 Å². The molecule has 1 fully saturated rings. The summed E-state index contributed by atoms with van der Waals surface area (Å²) in [4.78, 5) is 6.27. The van der Waals surface area contributed by atoms with Crippen LogP contribution in [0.25, 0.3) is 5.52 Å². The summed E-state index contributed by atoms with van der Waals surface area (Å²) in [7, 11) is 1.92. The second-order valence-electron chi connectivity index (χ2n) is 5.16. The van der Waals surface area contributed by atoms with Gasteiger partial charge in [0.1, 0.15) is 5.52 Å². The van der Waals surface area contributed by atoms with Crippen molar-refractivity contribution in [2.75, 3.05) is 25.0 Å². The van der Waals surface area contributed by atoms with Crippen molar-refractivity contribution in [3.8, 4) is 0 Å². The minimum atomic E-state index is -4.44. The first kappa shape index (κ1) is 14.1. The van der Waals surface area contributed by atoms with E-state index in [1.807, 2.05) is 11.9 Å². The molecular formula is C13H16F3N5. The number of alkyl halides is 3. The molecule has 0 radical (unpaired) electrons. The molecule has 0 saturated carbocycles. The second-order valence-corrected chi connectivity index (χ2v) is 5.16. The molecule has 0 unspecified atom stereocenters. The summed E-state index contributed by atoms with van der Waals surface area (Å²) < 4.78 is 39.6. The first-order valence-electron chi connectivity index (χ1n) is 6.83. The summed E-state index contributed by atoms with van der Waals surface area (Å²) in [6.45, 7) is 1.54. The van der Waals surface area contributed by atoms with Gasteiger partial charge in [-0.3, -0.25) is 0 Å². The number of fused-ring (bicyclic) bond motifs is 1. The summed E-state index contributed by atoms with van der Waals surface area (Å²) in [5.74, 6) is 0.565. The van der Waals surface area contributed by atoms with Crippen LogP contribution in [0.1, 0.15) is 18.5 Å². The number of nitrogens with zero attached hydrogens (tertiary/aromatic N) is 4. The molecule has 2 aromatic rings. The van der Waals surface area contributed by atoms with Crippen molar-refractivity contribution >= 4 is 11.3 Å². The van der Waals surface area contributed by atoms with Gasteiger partial charge in [0.2, 0.25) is 0 Å². The van der Waals surface area contributed by atoms with E-state index in [0.29, 0.717) is 17.4 Å². The molecule has 1 N–H and O–H groups in total. The van der Waals surface area contributed by atoms with Crippen molar-refractivity contribution in [1.82, 2.24) is 19.9 Å². The lowest BCUT2D eigenvalue weighted by molar-refractivity contribution is -0.141. The summed E-state index contributed by atoms with van der Waals surface area (Å²) in [5, 5.41) is 6.81. The maximum absolute atomic E-state index is 12.8. The van der Waals surface area contributed by atoms with Gasteiger partial charge in [0, 0.05) is 37.6 Å². The minimum Gasteiger partial charge on any atom is -0.355 e. The predicted octanol–water partition coefficient (Wildman–Crippen LogP) is 1.94. The quantitative estimate of drug-likeness (QED) is 0.920. The Morgan fingerprint density at radius 3 is 2.62 bits per heavy atom. The van der Waals surface area contributed by atoms with Crippen molar-refractivity contribution < 1.29 is 13.2 Å². The van der Waals surface area contributed by atoms with E-state index in [1.165, 1.54) is 16.9 Å². The van der Waals surface area contributed by atoms with Crippen LogP contribution in [0, 0.1) is 0 Å². The monoisotopic (exact) mass is 299 g/mol. The lowest BCUT2D eigenvalue weighted by atomic mass is 10.1. The highest BCUT2D eigenvalue weighted by atomic mass is 19.4. The zero-order valence-corrected chi connectivity index (χ0v) is 11.6. The van der Waals surface area contributed by atoms with Gasteiger partial charge in [-0.05, 0) is 19.9 Å². The topological polar surface area (TPSA) is 45.5 Å². The van der Waals surface area contributed by atoms with Crippen LogP contribution in [-0.4, -0.2) is 40.8 Å². The molecule has 0 aromatic carbocycles. The van der Waals surface area contributed by atoms with E-state index in [9.17, 15) is 13.2 Å². The first-order chi connectivity index (χ1) is 9.99.